The Morgan fingerprint density at radius 3 is 2.74 bits per heavy atom. The van der Waals surface area contributed by atoms with E-state index in [0.717, 1.165) is 51.2 Å². The van der Waals surface area contributed by atoms with Crippen LogP contribution < -0.4 is 15.8 Å². The zero-order valence-corrected chi connectivity index (χ0v) is 28.7. The van der Waals surface area contributed by atoms with E-state index in [2.05, 4.69) is 33.2 Å². The number of nitro groups is 1. The first-order valence-corrected chi connectivity index (χ1v) is 18.0. The number of fused-ring (bicyclic) bond motifs is 3. The minimum absolute atomic E-state index is 0.0200. The number of ether oxygens (including phenoxy) is 1. The van der Waals surface area contributed by atoms with Gasteiger partial charge in [0.15, 0.2) is 5.65 Å². The molecule has 1 saturated carbocycles. The molecule has 7 rings (SSSR count). The number of carbonyl (C=O) groups is 1. The van der Waals surface area contributed by atoms with Gasteiger partial charge in [0.1, 0.15) is 23.6 Å². The monoisotopic (exact) mass is 678 g/mol. The van der Waals surface area contributed by atoms with Gasteiger partial charge < -0.3 is 20.7 Å². The van der Waals surface area contributed by atoms with Crippen LogP contribution in [0.15, 0.2) is 66.5 Å². The summed E-state index contributed by atoms with van der Waals surface area (Å²) in [6, 6.07) is 13.8. The minimum Gasteiger partial charge on any atom is -0.450 e. The summed E-state index contributed by atoms with van der Waals surface area (Å²) >= 11 is 0. The van der Waals surface area contributed by atoms with Gasteiger partial charge in [-0.15, -0.1) is 0 Å². The van der Waals surface area contributed by atoms with Crippen LogP contribution in [0.1, 0.15) is 70.8 Å². The summed E-state index contributed by atoms with van der Waals surface area (Å²) in [5.41, 5.74) is 9.47. The summed E-state index contributed by atoms with van der Waals surface area (Å²) in [6.07, 6.45) is 14.3. The summed E-state index contributed by atoms with van der Waals surface area (Å²) in [4.78, 5) is 35.7. The molecule has 0 radical (unpaired) electrons. The van der Waals surface area contributed by atoms with E-state index in [1.54, 1.807) is 42.0 Å². The predicted octanol–water partition coefficient (Wildman–Crippen LogP) is 7.08. The number of nitrogens with two attached hydrogens (primary N) is 1. The van der Waals surface area contributed by atoms with Crippen LogP contribution in [0, 0.1) is 27.9 Å². The molecule has 1 aliphatic heterocycles. The van der Waals surface area contributed by atoms with Crippen LogP contribution in [-0.2, 0) is 4.79 Å². The fourth-order valence-electron chi connectivity index (χ4n) is 8.03. The smallest absolute Gasteiger partial charge is 0.312 e. The van der Waals surface area contributed by atoms with Gasteiger partial charge in [-0.3, -0.25) is 14.9 Å². The highest BCUT2D eigenvalue weighted by Gasteiger charge is 2.29. The Morgan fingerprint density at radius 2 is 1.96 bits per heavy atom. The number of benzene rings is 2. The fraction of sp³-hybridized carbons (Fsp3) is 0.474. The van der Waals surface area contributed by atoms with Crippen molar-refractivity contribution < 1.29 is 14.5 Å². The molecule has 2 aromatic carbocycles. The number of nitro benzene ring substituents is 1. The highest BCUT2D eigenvalue weighted by Crippen LogP contribution is 2.41. The van der Waals surface area contributed by atoms with Crippen molar-refractivity contribution in [3.05, 3.63) is 76.6 Å². The van der Waals surface area contributed by atoms with E-state index in [4.69, 9.17) is 15.6 Å². The van der Waals surface area contributed by atoms with E-state index < -0.39 is 4.92 Å². The van der Waals surface area contributed by atoms with E-state index in [1.807, 2.05) is 10.7 Å². The molecule has 3 atom stereocenters. The van der Waals surface area contributed by atoms with Gasteiger partial charge in [0, 0.05) is 43.7 Å². The molecule has 262 valence electrons. The fourth-order valence-corrected chi connectivity index (χ4v) is 8.03. The van der Waals surface area contributed by atoms with Crippen LogP contribution in [0.25, 0.3) is 22.3 Å². The normalized spacial score (nSPS) is 20.3. The zero-order chi connectivity index (χ0) is 34.6. The maximum absolute atomic E-state index is 12.9. The third-order valence-corrected chi connectivity index (χ3v) is 10.7. The highest BCUT2D eigenvalue weighted by molar-refractivity contribution is 5.98. The van der Waals surface area contributed by atoms with Gasteiger partial charge >= 0.3 is 5.69 Å². The first-order valence-electron chi connectivity index (χ1n) is 18.0. The molecular formula is C38H46N8O4. The van der Waals surface area contributed by atoms with Gasteiger partial charge in [-0.05, 0) is 93.9 Å². The molecular weight excluding hydrogens is 632 g/mol. The molecule has 3 N–H and O–H groups in total. The summed E-state index contributed by atoms with van der Waals surface area (Å²) in [6.45, 7) is 5.18. The number of nitrogen functional groups attached to an aromatic ring is 1. The lowest BCUT2D eigenvalue weighted by Crippen LogP contribution is -2.41. The number of anilines is 1. The number of hydrogen-bond acceptors (Lipinski definition) is 9. The molecule has 3 aliphatic rings. The van der Waals surface area contributed by atoms with Gasteiger partial charge in [0.05, 0.1) is 16.4 Å². The average molecular weight is 679 g/mol. The number of nitrogens with one attached hydrogen (secondary N) is 1. The second kappa shape index (κ2) is 15.0. The zero-order valence-electron chi connectivity index (χ0n) is 28.7. The Labute approximate surface area is 292 Å². The molecule has 2 bridgehead atoms. The van der Waals surface area contributed by atoms with E-state index in [9.17, 15) is 14.9 Å². The van der Waals surface area contributed by atoms with Crippen LogP contribution in [0.4, 0.5) is 11.5 Å². The lowest BCUT2D eigenvalue weighted by molar-refractivity contribution is -0.385. The predicted molar refractivity (Wildman–Crippen MR) is 193 cm³/mol. The number of allylic oxidation sites excluding steroid dienone is 2. The first kappa shape index (κ1) is 33.6. The van der Waals surface area contributed by atoms with Crippen LogP contribution >= 0.6 is 0 Å². The Hall–Kier alpha value is -4.84. The molecule has 2 aromatic heterocycles. The van der Waals surface area contributed by atoms with E-state index in [0.29, 0.717) is 40.5 Å². The highest BCUT2D eigenvalue weighted by atomic mass is 16.6. The second-order valence-electron chi connectivity index (χ2n) is 14.2. The number of nitrogens with zero attached hydrogens (tertiary/aromatic N) is 6. The molecule has 12 nitrogen and oxygen atoms in total. The summed E-state index contributed by atoms with van der Waals surface area (Å²) in [7, 11) is 0. The molecule has 2 aliphatic carbocycles. The molecule has 50 heavy (non-hydrogen) atoms. The molecule has 2 unspecified atom stereocenters. The number of hydrogen-bond donors (Lipinski definition) is 2. The van der Waals surface area contributed by atoms with Gasteiger partial charge in [-0.1, -0.05) is 36.8 Å². The van der Waals surface area contributed by atoms with E-state index in [-0.39, 0.29) is 35.1 Å². The van der Waals surface area contributed by atoms with Gasteiger partial charge in [0.25, 0.3) is 0 Å². The third kappa shape index (κ3) is 7.50. The maximum atomic E-state index is 12.9. The van der Waals surface area contributed by atoms with Crippen molar-refractivity contribution >= 4 is 28.4 Å². The first-order chi connectivity index (χ1) is 24.3. The summed E-state index contributed by atoms with van der Waals surface area (Å²) in [5.74, 6) is 2.58. The summed E-state index contributed by atoms with van der Waals surface area (Å²) in [5, 5.41) is 20.8. The Morgan fingerprint density at radius 1 is 1.14 bits per heavy atom. The van der Waals surface area contributed by atoms with Gasteiger partial charge in [-0.25, -0.2) is 14.6 Å². The number of aromatic nitrogens is 4. The number of amides is 1. The lowest BCUT2D eigenvalue weighted by atomic mass is 9.73. The van der Waals surface area contributed by atoms with Crippen molar-refractivity contribution in [2.75, 3.05) is 31.9 Å². The molecule has 3 heterocycles. The molecule has 0 spiro atoms. The molecule has 1 amide bonds. The minimum atomic E-state index is -0.459. The van der Waals surface area contributed by atoms with E-state index in [1.165, 1.54) is 44.5 Å². The lowest BCUT2D eigenvalue weighted by Gasteiger charge is -2.33. The third-order valence-electron chi connectivity index (χ3n) is 10.7. The van der Waals surface area contributed by atoms with Crippen LogP contribution in [0.3, 0.4) is 0 Å². The Kier molecular flexibility index (Phi) is 10.1. The quantitative estimate of drug-likeness (QED) is 0.0908. The molecule has 1 saturated heterocycles. The van der Waals surface area contributed by atoms with Crippen molar-refractivity contribution in [2.24, 2.45) is 17.8 Å². The van der Waals surface area contributed by atoms with Crippen molar-refractivity contribution in [3.8, 4) is 22.8 Å². The number of rotatable bonds is 12. The topological polar surface area (TPSA) is 154 Å². The van der Waals surface area contributed by atoms with Crippen LogP contribution in [0.5, 0.6) is 11.5 Å². The Balaban J connectivity index is 0.959. The molecule has 2 fully saturated rings. The number of para-hydroxylation sites is 1. The number of carbonyl (C=O) groups excluding carboxylic acids is 1. The van der Waals surface area contributed by atoms with Crippen LogP contribution in [-0.4, -0.2) is 61.7 Å². The van der Waals surface area contributed by atoms with Crippen molar-refractivity contribution in [1.29, 1.82) is 0 Å². The van der Waals surface area contributed by atoms with E-state index >= 15 is 0 Å². The Bertz CT molecular complexity index is 1870. The maximum Gasteiger partial charge on any atom is 0.312 e. The van der Waals surface area contributed by atoms with Crippen LogP contribution in [0.2, 0.25) is 0 Å². The van der Waals surface area contributed by atoms with Crippen molar-refractivity contribution in [2.45, 2.75) is 70.8 Å². The molecule has 12 heteroatoms. The SMILES string of the molecule is C[C@H](CCC1C=C2CCCC(C2)C1)C(=O)NCCN1CCC(n2nc(-c3ccc(Oc4ccccc4)c([N+](=O)[O-])c3)c3c(N)ncnc32)CC1. The van der Waals surface area contributed by atoms with Gasteiger partial charge in [-0.2, -0.15) is 5.10 Å². The van der Waals surface area contributed by atoms with Crippen molar-refractivity contribution in [3.63, 3.8) is 0 Å². The van der Waals surface area contributed by atoms with Crippen molar-refractivity contribution in [1.82, 2.24) is 30.0 Å². The standard InChI is InChI=1S/C38H46N8O4/c1-25(10-11-28-21-26-6-5-7-27(20-26)22-28)38(47)40-16-19-44-17-14-30(15-18-44)45-37-34(36(39)41-24-42-37)35(43-45)29-12-13-33(32(23-29)46(48)49)50-31-8-3-2-4-9-31/h2-4,8-9,12-13,21,23-25,27-28,30H,5-7,10-11,14-20,22H2,1H3,(H,40,47)(H2,39,41,42)/t25-,27?,28?/m1/s1. The largest absolute Gasteiger partial charge is 0.450 e. The molecule has 4 aromatic rings. The average Bonchev–Trinajstić information content (AvgIpc) is 3.52. The number of piperidine rings is 1. The second-order valence-corrected chi connectivity index (χ2v) is 14.2. The van der Waals surface area contributed by atoms with Gasteiger partial charge in [0.2, 0.25) is 11.7 Å². The summed E-state index contributed by atoms with van der Waals surface area (Å²) < 4.78 is 7.74. The number of likely N-dealkylation sites (tertiary alicyclic amines) is 1.